The Hall–Kier alpha value is -1.61. The average Bonchev–Trinajstić information content (AvgIpc) is 2.14. The molecule has 70 valence electrons. The van der Waals surface area contributed by atoms with E-state index >= 15 is 0 Å². The van der Waals surface area contributed by atoms with Crippen LogP contribution in [0.2, 0.25) is 0 Å². The molecule has 0 bridgehead atoms. The van der Waals surface area contributed by atoms with Crippen molar-refractivity contribution >= 4 is 5.91 Å². The first-order chi connectivity index (χ1) is 6.24. The number of allylic oxidation sites excluding steroid dienone is 6. The van der Waals surface area contributed by atoms with Gasteiger partial charge in [0.05, 0.1) is 0 Å². The first kappa shape index (κ1) is 11.4. The smallest absolute Gasteiger partial charge is 0.267 e. The highest BCUT2D eigenvalue weighted by Crippen LogP contribution is 1.99. The van der Waals surface area contributed by atoms with Crippen molar-refractivity contribution < 1.29 is 10.0 Å². The van der Waals surface area contributed by atoms with Gasteiger partial charge in [-0.1, -0.05) is 30.9 Å². The highest BCUT2D eigenvalue weighted by molar-refractivity contribution is 5.87. The first-order valence-corrected chi connectivity index (χ1v) is 3.82. The summed E-state index contributed by atoms with van der Waals surface area (Å²) in [6.45, 7) is 5.41. The summed E-state index contributed by atoms with van der Waals surface area (Å²) in [6, 6.07) is 0. The molecule has 0 heterocycles. The molecule has 0 aliphatic carbocycles. The molecule has 0 aromatic heterocycles. The Labute approximate surface area is 77.7 Å². The van der Waals surface area contributed by atoms with E-state index in [1.54, 1.807) is 18.2 Å². The van der Waals surface area contributed by atoms with E-state index in [0.717, 1.165) is 5.57 Å². The molecule has 3 heteroatoms. The topological polar surface area (TPSA) is 49.3 Å². The summed E-state index contributed by atoms with van der Waals surface area (Å²) in [5.74, 6) is -0.556. The minimum absolute atomic E-state index is 0.556. The van der Waals surface area contributed by atoms with Crippen LogP contribution in [-0.2, 0) is 4.79 Å². The summed E-state index contributed by atoms with van der Waals surface area (Å²) in [5, 5.41) is 8.20. The third kappa shape index (κ3) is 5.64. The molecule has 0 saturated heterocycles. The van der Waals surface area contributed by atoms with Crippen molar-refractivity contribution in [1.82, 2.24) is 5.48 Å². The molecule has 0 unspecified atom stereocenters. The second kappa shape index (κ2) is 7.06. The van der Waals surface area contributed by atoms with Crippen LogP contribution in [0.1, 0.15) is 6.92 Å². The number of carbonyl (C=O) groups is 1. The quantitative estimate of drug-likeness (QED) is 0.299. The van der Waals surface area contributed by atoms with Crippen LogP contribution in [-0.4, -0.2) is 11.1 Å². The maximum Gasteiger partial charge on any atom is 0.267 e. The highest BCUT2D eigenvalue weighted by Gasteiger charge is 1.89. The Bertz CT molecular complexity index is 262. The molecule has 0 radical (unpaired) electrons. The molecule has 0 spiro atoms. The Balaban J connectivity index is 4.43. The van der Waals surface area contributed by atoms with Gasteiger partial charge in [0.2, 0.25) is 0 Å². The van der Waals surface area contributed by atoms with Crippen molar-refractivity contribution in [3.8, 4) is 0 Å². The van der Waals surface area contributed by atoms with Crippen molar-refractivity contribution in [2.24, 2.45) is 0 Å². The van der Waals surface area contributed by atoms with Crippen LogP contribution in [0.4, 0.5) is 0 Å². The summed E-state index contributed by atoms with van der Waals surface area (Å²) in [5.41, 5.74) is 2.34. The lowest BCUT2D eigenvalue weighted by atomic mass is 10.2. The Morgan fingerprint density at radius 3 is 2.54 bits per heavy atom. The molecular formula is C10H13NO2. The number of hydroxylamine groups is 1. The average molecular weight is 179 g/mol. The second-order valence-electron chi connectivity index (χ2n) is 2.21. The van der Waals surface area contributed by atoms with E-state index in [1.807, 2.05) is 19.1 Å². The minimum atomic E-state index is -0.556. The van der Waals surface area contributed by atoms with Gasteiger partial charge in [-0.15, -0.1) is 0 Å². The molecule has 0 aromatic carbocycles. The van der Waals surface area contributed by atoms with Gasteiger partial charge in [-0.2, -0.15) is 0 Å². The van der Waals surface area contributed by atoms with Crippen molar-refractivity contribution in [2.75, 3.05) is 0 Å². The van der Waals surface area contributed by atoms with Crippen LogP contribution in [0.15, 0.2) is 48.6 Å². The monoisotopic (exact) mass is 179 g/mol. The van der Waals surface area contributed by atoms with E-state index in [-0.39, 0.29) is 0 Å². The number of rotatable bonds is 4. The van der Waals surface area contributed by atoms with Crippen LogP contribution in [0.25, 0.3) is 0 Å². The van der Waals surface area contributed by atoms with Gasteiger partial charge < -0.3 is 0 Å². The fraction of sp³-hybridized carbons (Fsp3) is 0.100. The molecule has 3 nitrogen and oxygen atoms in total. The molecule has 0 aliphatic rings. The van der Waals surface area contributed by atoms with Gasteiger partial charge in [-0.3, -0.25) is 10.0 Å². The van der Waals surface area contributed by atoms with Crippen LogP contribution in [0.3, 0.4) is 0 Å². The standard InChI is InChI=1S/C10H13NO2/c1-3-5-9(6-4-2)7-8-10(12)11-13/h3-8,13H,1H2,2H3,(H,11,12)/b6-4-,8-7+,9-5+. The lowest BCUT2D eigenvalue weighted by Gasteiger charge is -1.91. The number of hydrogen-bond acceptors (Lipinski definition) is 2. The largest absolute Gasteiger partial charge is 0.288 e. The predicted octanol–water partition coefficient (Wildman–Crippen LogP) is 1.74. The van der Waals surface area contributed by atoms with Crippen molar-refractivity contribution in [2.45, 2.75) is 6.92 Å². The summed E-state index contributed by atoms with van der Waals surface area (Å²) >= 11 is 0. The van der Waals surface area contributed by atoms with Gasteiger partial charge in [0.25, 0.3) is 5.91 Å². The molecule has 0 saturated carbocycles. The van der Waals surface area contributed by atoms with Gasteiger partial charge in [0.1, 0.15) is 0 Å². The molecular weight excluding hydrogens is 166 g/mol. The second-order valence-corrected chi connectivity index (χ2v) is 2.21. The maximum absolute atomic E-state index is 10.6. The lowest BCUT2D eigenvalue weighted by molar-refractivity contribution is -0.124. The van der Waals surface area contributed by atoms with Crippen molar-refractivity contribution in [3.05, 3.63) is 48.6 Å². The van der Waals surface area contributed by atoms with Gasteiger partial charge in [-0.25, -0.2) is 5.48 Å². The summed E-state index contributed by atoms with van der Waals surface area (Å²) < 4.78 is 0. The molecule has 0 aromatic rings. The lowest BCUT2D eigenvalue weighted by Crippen LogP contribution is -2.14. The number of hydrogen-bond donors (Lipinski definition) is 2. The number of carbonyl (C=O) groups excluding carboxylic acids is 1. The highest BCUT2D eigenvalue weighted by atomic mass is 16.5. The van der Waals surface area contributed by atoms with Gasteiger partial charge in [0.15, 0.2) is 0 Å². The van der Waals surface area contributed by atoms with Crippen LogP contribution in [0.5, 0.6) is 0 Å². The van der Waals surface area contributed by atoms with Crippen LogP contribution in [0, 0.1) is 0 Å². The van der Waals surface area contributed by atoms with Crippen LogP contribution < -0.4 is 5.48 Å². The SMILES string of the molecule is C=C/C=C(\C=C/C)/C=C/C(=O)NO. The van der Waals surface area contributed by atoms with Crippen molar-refractivity contribution in [3.63, 3.8) is 0 Å². The Morgan fingerprint density at radius 2 is 2.08 bits per heavy atom. The fourth-order valence-corrected chi connectivity index (χ4v) is 0.704. The minimum Gasteiger partial charge on any atom is -0.288 e. The van der Waals surface area contributed by atoms with E-state index < -0.39 is 5.91 Å². The van der Waals surface area contributed by atoms with Crippen LogP contribution >= 0.6 is 0 Å². The molecule has 0 aliphatic heterocycles. The Morgan fingerprint density at radius 1 is 1.38 bits per heavy atom. The molecule has 0 fully saturated rings. The Kier molecular flexibility index (Phi) is 6.19. The maximum atomic E-state index is 10.6. The zero-order valence-electron chi connectivity index (χ0n) is 7.53. The van der Waals surface area contributed by atoms with E-state index in [1.165, 1.54) is 11.6 Å². The molecule has 13 heavy (non-hydrogen) atoms. The van der Waals surface area contributed by atoms with E-state index in [9.17, 15) is 4.79 Å². The molecule has 0 atom stereocenters. The number of nitrogens with one attached hydrogen (secondary N) is 1. The molecule has 2 N–H and O–H groups in total. The fourth-order valence-electron chi connectivity index (χ4n) is 0.704. The van der Waals surface area contributed by atoms with Gasteiger partial charge in [-0.05, 0) is 18.6 Å². The normalized spacial score (nSPS) is 12.3. The summed E-state index contributed by atoms with van der Waals surface area (Å²) in [4.78, 5) is 10.6. The zero-order chi connectivity index (χ0) is 10.1. The van der Waals surface area contributed by atoms with E-state index in [4.69, 9.17) is 5.21 Å². The third-order valence-corrected chi connectivity index (χ3v) is 1.21. The van der Waals surface area contributed by atoms with Gasteiger partial charge in [0, 0.05) is 6.08 Å². The first-order valence-electron chi connectivity index (χ1n) is 3.82. The summed E-state index contributed by atoms with van der Waals surface area (Å²) in [7, 11) is 0. The zero-order valence-corrected chi connectivity index (χ0v) is 7.53. The molecule has 1 amide bonds. The summed E-state index contributed by atoms with van der Waals surface area (Å²) in [6.07, 6.45) is 9.85. The number of amides is 1. The van der Waals surface area contributed by atoms with E-state index in [0.29, 0.717) is 0 Å². The van der Waals surface area contributed by atoms with Crippen molar-refractivity contribution in [1.29, 1.82) is 0 Å². The van der Waals surface area contributed by atoms with Gasteiger partial charge >= 0.3 is 0 Å². The third-order valence-electron chi connectivity index (χ3n) is 1.21. The van der Waals surface area contributed by atoms with E-state index in [2.05, 4.69) is 6.58 Å². The predicted molar refractivity (Wildman–Crippen MR) is 52.2 cm³/mol. The molecule has 0 rings (SSSR count).